The van der Waals surface area contributed by atoms with Crippen molar-refractivity contribution in [1.29, 1.82) is 0 Å². The number of hydrogen-bond donors (Lipinski definition) is 0. The molecule has 7 aromatic carbocycles. The number of benzene rings is 7. The zero-order chi connectivity index (χ0) is 37.0. The molecule has 0 atom stereocenters. The molecule has 4 aromatic heterocycles. The van der Waals surface area contributed by atoms with Crippen molar-refractivity contribution >= 4 is 43.9 Å². The quantitative estimate of drug-likeness (QED) is 0.170. The van der Waals surface area contributed by atoms with Crippen LogP contribution in [0.3, 0.4) is 0 Å². The Balaban J connectivity index is 1.13. The molecule has 0 bridgehead atoms. The van der Waals surface area contributed by atoms with E-state index in [9.17, 15) is 0 Å². The van der Waals surface area contributed by atoms with E-state index in [0.717, 1.165) is 93.9 Å². The van der Waals surface area contributed by atoms with Gasteiger partial charge in [0, 0.05) is 56.2 Å². The summed E-state index contributed by atoms with van der Waals surface area (Å²) < 4.78 is 12.4. The molecule has 56 heavy (non-hydrogen) atoms. The molecule has 11 rings (SSSR count). The average Bonchev–Trinajstić information content (AvgIpc) is 3.84. The molecule has 0 aliphatic carbocycles. The summed E-state index contributed by atoms with van der Waals surface area (Å²) in [6.45, 7) is 0. The molecule has 262 valence electrons. The summed E-state index contributed by atoms with van der Waals surface area (Å²) in [5, 5.41) is 4.31. The summed E-state index contributed by atoms with van der Waals surface area (Å²) in [6, 6.07) is 58.1. The predicted molar refractivity (Wildman–Crippen MR) is 225 cm³/mol. The van der Waals surface area contributed by atoms with Crippen LogP contribution in [-0.2, 0) is 0 Å². The Morgan fingerprint density at radius 3 is 1.38 bits per heavy atom. The number of aromatic nitrogens is 4. The van der Waals surface area contributed by atoms with Crippen LogP contribution in [0.2, 0.25) is 0 Å². The fourth-order valence-electron chi connectivity index (χ4n) is 7.62. The van der Waals surface area contributed by atoms with Crippen molar-refractivity contribution in [3.05, 3.63) is 182 Å². The molecule has 0 aliphatic heterocycles. The molecule has 0 radical (unpaired) electrons. The minimum absolute atomic E-state index is 0.577. The molecule has 0 unspecified atom stereocenters. The van der Waals surface area contributed by atoms with Crippen LogP contribution in [0.4, 0.5) is 0 Å². The average molecular weight is 719 g/mol. The summed E-state index contributed by atoms with van der Waals surface area (Å²) in [7, 11) is 0. The van der Waals surface area contributed by atoms with Crippen LogP contribution in [0.25, 0.3) is 111 Å². The SMILES string of the molecule is c1ccc(-c2nc(-c3cccc(-c4cccnc4)c3)nc(-c3cc(-c4ccc5oc6ccccc6c5c4)cc(-c4ccc5oc6ccccc6c5c4)c3)n2)cc1. The van der Waals surface area contributed by atoms with E-state index in [1.165, 1.54) is 0 Å². The molecule has 0 aliphatic rings. The van der Waals surface area contributed by atoms with E-state index in [-0.39, 0.29) is 0 Å². The van der Waals surface area contributed by atoms with Gasteiger partial charge in [0.2, 0.25) is 0 Å². The maximum absolute atomic E-state index is 6.21. The highest BCUT2D eigenvalue weighted by molar-refractivity contribution is 6.07. The van der Waals surface area contributed by atoms with E-state index >= 15 is 0 Å². The summed E-state index contributed by atoms with van der Waals surface area (Å²) in [6.07, 6.45) is 3.65. The number of fused-ring (bicyclic) bond motifs is 6. The minimum atomic E-state index is 0.577. The topological polar surface area (TPSA) is 77.8 Å². The molecule has 11 aromatic rings. The van der Waals surface area contributed by atoms with E-state index in [1.54, 1.807) is 6.20 Å². The second-order valence-corrected chi connectivity index (χ2v) is 13.9. The highest BCUT2D eigenvalue weighted by Crippen LogP contribution is 2.39. The van der Waals surface area contributed by atoms with Gasteiger partial charge in [-0.3, -0.25) is 4.98 Å². The lowest BCUT2D eigenvalue weighted by atomic mass is 9.94. The molecular weight excluding hydrogens is 689 g/mol. The first-order valence-electron chi connectivity index (χ1n) is 18.5. The minimum Gasteiger partial charge on any atom is -0.456 e. The van der Waals surface area contributed by atoms with E-state index in [2.05, 4.69) is 89.9 Å². The van der Waals surface area contributed by atoms with Gasteiger partial charge in [-0.05, 0) is 94.5 Å². The molecule has 0 amide bonds. The first kappa shape index (κ1) is 31.8. The third-order valence-corrected chi connectivity index (χ3v) is 10.4. The van der Waals surface area contributed by atoms with Crippen LogP contribution in [0.15, 0.2) is 191 Å². The second-order valence-electron chi connectivity index (χ2n) is 13.9. The highest BCUT2D eigenvalue weighted by Gasteiger charge is 2.17. The van der Waals surface area contributed by atoms with Crippen LogP contribution >= 0.6 is 0 Å². The van der Waals surface area contributed by atoms with Crippen molar-refractivity contribution in [3.63, 3.8) is 0 Å². The van der Waals surface area contributed by atoms with Crippen molar-refractivity contribution < 1.29 is 8.83 Å². The number of para-hydroxylation sites is 2. The Labute approximate surface area is 321 Å². The van der Waals surface area contributed by atoms with Gasteiger partial charge in [-0.2, -0.15) is 0 Å². The maximum atomic E-state index is 6.21. The lowest BCUT2D eigenvalue weighted by Crippen LogP contribution is -2.00. The zero-order valence-electron chi connectivity index (χ0n) is 29.9. The van der Waals surface area contributed by atoms with Crippen molar-refractivity contribution in [2.75, 3.05) is 0 Å². The molecule has 0 fully saturated rings. The monoisotopic (exact) mass is 718 g/mol. The third kappa shape index (κ3) is 5.60. The molecule has 0 saturated carbocycles. The number of furan rings is 2. The van der Waals surface area contributed by atoms with Crippen LogP contribution in [0.1, 0.15) is 0 Å². The van der Waals surface area contributed by atoms with Crippen LogP contribution < -0.4 is 0 Å². The fraction of sp³-hybridized carbons (Fsp3) is 0. The van der Waals surface area contributed by atoms with Crippen molar-refractivity contribution in [1.82, 2.24) is 19.9 Å². The Morgan fingerprint density at radius 2 is 0.750 bits per heavy atom. The van der Waals surface area contributed by atoms with Crippen LogP contribution in [0.5, 0.6) is 0 Å². The Morgan fingerprint density at radius 1 is 0.286 bits per heavy atom. The zero-order valence-corrected chi connectivity index (χ0v) is 29.9. The molecule has 0 spiro atoms. The van der Waals surface area contributed by atoms with E-state index in [4.69, 9.17) is 23.8 Å². The smallest absolute Gasteiger partial charge is 0.164 e. The van der Waals surface area contributed by atoms with E-state index < -0.39 is 0 Å². The van der Waals surface area contributed by atoms with Crippen molar-refractivity contribution in [2.45, 2.75) is 0 Å². The molecule has 0 saturated heterocycles. The Hall–Kier alpha value is -7.70. The predicted octanol–water partition coefficient (Wildman–Crippen LogP) is 13.1. The molecule has 4 heterocycles. The Kier molecular flexibility index (Phi) is 7.38. The third-order valence-electron chi connectivity index (χ3n) is 10.4. The summed E-state index contributed by atoms with van der Waals surface area (Å²) in [5.41, 5.74) is 12.3. The van der Waals surface area contributed by atoms with Gasteiger partial charge in [0.15, 0.2) is 17.5 Å². The molecule has 6 heteroatoms. The molecule has 6 nitrogen and oxygen atoms in total. The molecular formula is C50H30N4O2. The van der Waals surface area contributed by atoms with Gasteiger partial charge < -0.3 is 8.83 Å². The number of nitrogens with zero attached hydrogens (tertiary/aromatic N) is 4. The fourth-order valence-corrected chi connectivity index (χ4v) is 7.62. The summed E-state index contributed by atoms with van der Waals surface area (Å²) in [5.74, 6) is 1.76. The van der Waals surface area contributed by atoms with Gasteiger partial charge in [-0.25, -0.2) is 15.0 Å². The Bertz CT molecular complexity index is 3130. The van der Waals surface area contributed by atoms with Crippen LogP contribution in [-0.4, -0.2) is 19.9 Å². The van der Waals surface area contributed by atoms with Gasteiger partial charge in [0.25, 0.3) is 0 Å². The highest BCUT2D eigenvalue weighted by atomic mass is 16.3. The second kappa shape index (κ2) is 13.0. The van der Waals surface area contributed by atoms with Gasteiger partial charge >= 0.3 is 0 Å². The normalized spacial score (nSPS) is 11.6. The first-order valence-corrected chi connectivity index (χ1v) is 18.5. The lowest BCUT2D eigenvalue weighted by Gasteiger charge is -2.13. The van der Waals surface area contributed by atoms with Gasteiger partial charge in [-0.15, -0.1) is 0 Å². The van der Waals surface area contributed by atoms with Crippen molar-refractivity contribution in [3.8, 4) is 67.5 Å². The number of pyridine rings is 1. The van der Waals surface area contributed by atoms with Crippen molar-refractivity contribution in [2.24, 2.45) is 0 Å². The molecule has 0 N–H and O–H groups in total. The van der Waals surface area contributed by atoms with E-state index in [0.29, 0.717) is 17.5 Å². The van der Waals surface area contributed by atoms with E-state index in [1.807, 2.05) is 91.1 Å². The number of hydrogen-bond acceptors (Lipinski definition) is 6. The lowest BCUT2D eigenvalue weighted by molar-refractivity contribution is 0.668. The maximum Gasteiger partial charge on any atom is 0.164 e. The van der Waals surface area contributed by atoms with Crippen LogP contribution in [0, 0.1) is 0 Å². The van der Waals surface area contributed by atoms with Gasteiger partial charge in [0.1, 0.15) is 22.3 Å². The number of rotatable bonds is 6. The first-order chi connectivity index (χ1) is 27.7. The summed E-state index contributed by atoms with van der Waals surface area (Å²) >= 11 is 0. The standard InChI is InChI=1S/C50H30N4O2/c1-2-10-31(11-3-1)48-52-49(35-13-8-12-32(24-35)36-14-9-23-51-30-36)54-50(53-48)39-26-37(33-19-21-46-42(28-33)40-15-4-6-17-44(40)55-46)25-38(27-39)34-20-22-47-43(29-34)41-16-5-7-18-45(41)56-47/h1-30H. The summed E-state index contributed by atoms with van der Waals surface area (Å²) in [4.78, 5) is 19.7. The van der Waals surface area contributed by atoms with Gasteiger partial charge in [-0.1, -0.05) is 103 Å². The van der Waals surface area contributed by atoms with Gasteiger partial charge in [0.05, 0.1) is 0 Å². The largest absolute Gasteiger partial charge is 0.456 e.